The molecule has 1 unspecified atom stereocenters. The molecule has 0 spiro atoms. The Labute approximate surface area is 160 Å². The number of rotatable bonds is 8. The maximum absolute atomic E-state index is 12.1. The van der Waals surface area contributed by atoms with Crippen molar-refractivity contribution in [1.29, 1.82) is 0 Å². The van der Waals surface area contributed by atoms with Gasteiger partial charge in [0.2, 0.25) is 5.91 Å². The third-order valence-corrected chi connectivity index (χ3v) is 4.74. The summed E-state index contributed by atoms with van der Waals surface area (Å²) in [6.45, 7) is 2.58. The molecule has 0 aromatic heterocycles. The van der Waals surface area contributed by atoms with E-state index < -0.39 is 0 Å². The molecule has 3 rings (SSSR count). The highest BCUT2D eigenvalue weighted by Crippen LogP contribution is 2.30. The molecule has 1 fully saturated rings. The summed E-state index contributed by atoms with van der Waals surface area (Å²) in [5.41, 5.74) is 3.08. The first-order valence-electron chi connectivity index (χ1n) is 9.61. The molecule has 1 saturated carbocycles. The van der Waals surface area contributed by atoms with E-state index in [1.807, 2.05) is 49.4 Å². The highest BCUT2D eigenvalue weighted by atomic mass is 16.2. The van der Waals surface area contributed by atoms with Crippen LogP contribution in [0.15, 0.2) is 54.6 Å². The molecular weight excluding hydrogens is 338 g/mol. The van der Waals surface area contributed by atoms with Gasteiger partial charge < -0.3 is 16.0 Å². The van der Waals surface area contributed by atoms with Gasteiger partial charge in [0.25, 0.3) is 0 Å². The van der Waals surface area contributed by atoms with Crippen LogP contribution in [0.5, 0.6) is 0 Å². The van der Waals surface area contributed by atoms with Gasteiger partial charge in [-0.2, -0.15) is 0 Å². The van der Waals surface area contributed by atoms with Crippen molar-refractivity contribution in [3.63, 3.8) is 0 Å². The van der Waals surface area contributed by atoms with E-state index in [0.29, 0.717) is 6.54 Å². The Morgan fingerprint density at radius 3 is 2.41 bits per heavy atom. The molecule has 5 nitrogen and oxygen atoms in total. The van der Waals surface area contributed by atoms with E-state index in [9.17, 15) is 9.59 Å². The minimum atomic E-state index is -0.165. The van der Waals surface area contributed by atoms with E-state index in [1.165, 1.54) is 5.56 Å². The Morgan fingerprint density at radius 1 is 1.04 bits per heavy atom. The fourth-order valence-electron chi connectivity index (χ4n) is 2.92. The zero-order chi connectivity index (χ0) is 19.1. The summed E-state index contributed by atoms with van der Waals surface area (Å²) in [6, 6.07) is 17.6. The topological polar surface area (TPSA) is 70.2 Å². The van der Waals surface area contributed by atoms with Crippen LogP contribution in [-0.2, 0) is 11.2 Å². The Bertz CT molecular complexity index is 755. The Hall–Kier alpha value is -2.82. The molecule has 0 heterocycles. The van der Waals surface area contributed by atoms with E-state index in [0.717, 1.165) is 36.9 Å². The van der Waals surface area contributed by atoms with E-state index >= 15 is 0 Å². The van der Waals surface area contributed by atoms with Crippen molar-refractivity contribution in [3.05, 3.63) is 65.7 Å². The number of hydrogen-bond acceptors (Lipinski definition) is 2. The molecule has 1 aliphatic carbocycles. The number of aryl methyl sites for hydroxylation is 1. The summed E-state index contributed by atoms with van der Waals surface area (Å²) in [6.07, 6.45) is 3.84. The molecule has 5 heteroatoms. The number of urea groups is 1. The molecule has 3 N–H and O–H groups in total. The number of hydrogen-bond donors (Lipinski definition) is 3. The maximum Gasteiger partial charge on any atom is 0.315 e. The summed E-state index contributed by atoms with van der Waals surface area (Å²) in [5.74, 6) is 0.291. The van der Waals surface area contributed by atoms with Gasteiger partial charge in [-0.15, -0.1) is 0 Å². The second kappa shape index (κ2) is 9.21. The summed E-state index contributed by atoms with van der Waals surface area (Å²) in [7, 11) is 0. The molecule has 27 heavy (non-hydrogen) atoms. The van der Waals surface area contributed by atoms with Crippen LogP contribution in [0.4, 0.5) is 10.5 Å². The quantitative estimate of drug-likeness (QED) is 0.618. The number of carbonyl (C=O) groups excluding carboxylic acids is 2. The van der Waals surface area contributed by atoms with Crippen LogP contribution in [0.2, 0.25) is 0 Å². The van der Waals surface area contributed by atoms with Gasteiger partial charge in [0.1, 0.15) is 0 Å². The van der Waals surface area contributed by atoms with Gasteiger partial charge in [0.15, 0.2) is 0 Å². The van der Waals surface area contributed by atoms with Crippen LogP contribution in [-0.4, -0.2) is 18.5 Å². The third-order valence-electron chi connectivity index (χ3n) is 4.74. The van der Waals surface area contributed by atoms with Gasteiger partial charge in [-0.3, -0.25) is 4.79 Å². The zero-order valence-corrected chi connectivity index (χ0v) is 15.7. The number of amides is 3. The molecule has 1 aliphatic rings. The smallest absolute Gasteiger partial charge is 0.315 e. The normalized spacial score (nSPS) is 14.3. The van der Waals surface area contributed by atoms with E-state index in [-0.39, 0.29) is 23.9 Å². The Balaban J connectivity index is 1.37. The first-order valence-corrected chi connectivity index (χ1v) is 9.61. The number of nitrogens with one attached hydrogen (secondary N) is 3. The highest BCUT2D eigenvalue weighted by Gasteiger charge is 2.29. The molecule has 3 amide bonds. The lowest BCUT2D eigenvalue weighted by Gasteiger charge is -2.16. The maximum atomic E-state index is 12.1. The zero-order valence-electron chi connectivity index (χ0n) is 15.7. The number of carbonyl (C=O) groups is 2. The molecular formula is C22H27N3O2. The fraction of sp³-hybridized carbons (Fsp3) is 0.364. The SMILES string of the molecule is CC(NC(=O)NCCCc1ccccc1)c1ccc(NC(=O)C2CC2)cc1. The van der Waals surface area contributed by atoms with Gasteiger partial charge in [0.05, 0.1) is 6.04 Å². The van der Waals surface area contributed by atoms with Crippen molar-refractivity contribution < 1.29 is 9.59 Å². The molecule has 0 radical (unpaired) electrons. The standard InChI is InChI=1S/C22H27N3O2/c1-16(18-11-13-20(14-12-18)25-21(26)19-9-10-19)24-22(27)23-15-5-8-17-6-3-2-4-7-17/h2-4,6-7,11-14,16,19H,5,8-10,15H2,1H3,(H,25,26)(H2,23,24,27). The van der Waals surface area contributed by atoms with E-state index in [2.05, 4.69) is 28.1 Å². The number of benzene rings is 2. The van der Waals surface area contributed by atoms with E-state index in [4.69, 9.17) is 0 Å². The van der Waals surface area contributed by atoms with Gasteiger partial charge in [-0.1, -0.05) is 42.5 Å². The second-order valence-corrected chi connectivity index (χ2v) is 7.10. The molecule has 0 saturated heterocycles. The van der Waals surface area contributed by atoms with Crippen molar-refractivity contribution in [2.75, 3.05) is 11.9 Å². The van der Waals surface area contributed by atoms with Crippen molar-refractivity contribution in [3.8, 4) is 0 Å². The predicted octanol–water partition coefficient (Wildman–Crippen LogP) is 4.03. The monoisotopic (exact) mass is 365 g/mol. The van der Waals surface area contributed by atoms with E-state index in [1.54, 1.807) is 0 Å². The van der Waals surface area contributed by atoms with Crippen LogP contribution in [0.3, 0.4) is 0 Å². The van der Waals surface area contributed by atoms with Crippen molar-refractivity contribution in [2.24, 2.45) is 5.92 Å². The lowest BCUT2D eigenvalue weighted by Crippen LogP contribution is -2.37. The summed E-state index contributed by atoms with van der Waals surface area (Å²) >= 11 is 0. The predicted molar refractivity (Wildman–Crippen MR) is 108 cm³/mol. The van der Waals surface area contributed by atoms with Crippen LogP contribution in [0.25, 0.3) is 0 Å². The van der Waals surface area contributed by atoms with Crippen LogP contribution >= 0.6 is 0 Å². The molecule has 0 aliphatic heterocycles. The first kappa shape index (κ1) is 19.0. The van der Waals surface area contributed by atoms with Gasteiger partial charge in [-0.05, 0) is 55.9 Å². The number of anilines is 1. The molecule has 0 bridgehead atoms. The van der Waals surface area contributed by atoms with Gasteiger partial charge in [-0.25, -0.2) is 4.79 Å². The Kier molecular flexibility index (Phi) is 6.47. The van der Waals surface area contributed by atoms with Gasteiger partial charge >= 0.3 is 6.03 Å². The molecule has 1 atom stereocenters. The van der Waals surface area contributed by atoms with Crippen molar-refractivity contribution >= 4 is 17.6 Å². The molecule has 2 aromatic rings. The summed E-state index contributed by atoms with van der Waals surface area (Å²) in [4.78, 5) is 23.8. The van der Waals surface area contributed by atoms with Crippen molar-refractivity contribution in [1.82, 2.24) is 10.6 Å². The minimum absolute atomic E-state index is 0.101. The summed E-state index contributed by atoms with van der Waals surface area (Å²) in [5, 5.41) is 8.77. The van der Waals surface area contributed by atoms with Crippen molar-refractivity contribution in [2.45, 2.75) is 38.6 Å². The van der Waals surface area contributed by atoms with Gasteiger partial charge in [0, 0.05) is 18.2 Å². The van der Waals surface area contributed by atoms with Crippen LogP contribution < -0.4 is 16.0 Å². The fourth-order valence-corrected chi connectivity index (χ4v) is 2.92. The lowest BCUT2D eigenvalue weighted by atomic mass is 10.1. The highest BCUT2D eigenvalue weighted by molar-refractivity contribution is 5.94. The largest absolute Gasteiger partial charge is 0.338 e. The second-order valence-electron chi connectivity index (χ2n) is 7.10. The third kappa shape index (κ3) is 6.13. The minimum Gasteiger partial charge on any atom is -0.338 e. The lowest BCUT2D eigenvalue weighted by molar-refractivity contribution is -0.117. The van der Waals surface area contributed by atoms with Crippen LogP contribution in [0.1, 0.15) is 43.4 Å². The average molecular weight is 365 g/mol. The summed E-state index contributed by atoms with van der Waals surface area (Å²) < 4.78 is 0. The first-order chi connectivity index (χ1) is 13.1. The Morgan fingerprint density at radius 2 is 1.74 bits per heavy atom. The molecule has 142 valence electrons. The molecule has 2 aromatic carbocycles. The van der Waals surface area contributed by atoms with Crippen LogP contribution in [0, 0.1) is 5.92 Å². The average Bonchev–Trinajstić information content (AvgIpc) is 3.52.